The zero-order valence-electron chi connectivity index (χ0n) is 16.5. The van der Waals surface area contributed by atoms with Crippen molar-refractivity contribution in [3.05, 3.63) is 77.9 Å². The number of benzene rings is 2. The molecule has 0 radical (unpaired) electrons. The molecule has 0 N–H and O–H groups in total. The third-order valence-corrected chi connectivity index (χ3v) is 5.56. The zero-order chi connectivity index (χ0) is 21.3. The van der Waals surface area contributed by atoms with Crippen LogP contribution in [0, 0.1) is 11.8 Å². The van der Waals surface area contributed by atoms with Crippen molar-refractivity contribution in [3.8, 4) is 0 Å². The van der Waals surface area contributed by atoms with Gasteiger partial charge in [0, 0.05) is 5.56 Å². The lowest BCUT2D eigenvalue weighted by Gasteiger charge is -2.16. The van der Waals surface area contributed by atoms with Crippen molar-refractivity contribution in [2.75, 3.05) is 4.90 Å². The average Bonchev–Trinajstić information content (AvgIpc) is 3.04. The summed E-state index contributed by atoms with van der Waals surface area (Å²) in [5.74, 6) is -2.17. The minimum atomic E-state index is -0.965. The maximum Gasteiger partial charge on any atom is 0.338 e. The van der Waals surface area contributed by atoms with Crippen molar-refractivity contribution in [1.82, 2.24) is 0 Å². The van der Waals surface area contributed by atoms with E-state index in [0.29, 0.717) is 24.1 Å². The van der Waals surface area contributed by atoms with Gasteiger partial charge in [-0.1, -0.05) is 48.6 Å². The molecule has 1 aliphatic carbocycles. The number of rotatable bonds is 5. The molecule has 1 fully saturated rings. The summed E-state index contributed by atoms with van der Waals surface area (Å²) in [4.78, 5) is 51.7. The van der Waals surface area contributed by atoms with E-state index in [1.807, 2.05) is 12.2 Å². The van der Waals surface area contributed by atoms with Crippen LogP contribution in [0.4, 0.5) is 5.69 Å². The van der Waals surface area contributed by atoms with Gasteiger partial charge in [-0.05, 0) is 38.0 Å². The number of Topliss-reactive ketones (excluding diaryl/α,β-unsaturated/α-hetero) is 1. The number of nitrogens with zero attached hydrogens (tertiary/aromatic N) is 1. The fraction of sp³-hybridized carbons (Fsp3) is 0.250. The lowest BCUT2D eigenvalue weighted by molar-refractivity contribution is -0.122. The Morgan fingerprint density at radius 3 is 2.13 bits per heavy atom. The van der Waals surface area contributed by atoms with Crippen LogP contribution in [-0.2, 0) is 14.3 Å². The molecule has 3 atom stereocenters. The summed E-state index contributed by atoms with van der Waals surface area (Å²) < 4.78 is 5.33. The first kappa shape index (κ1) is 19.8. The number of amides is 2. The molecular formula is C24H21NO5. The van der Waals surface area contributed by atoms with Gasteiger partial charge in [0.2, 0.25) is 17.6 Å². The van der Waals surface area contributed by atoms with Crippen molar-refractivity contribution >= 4 is 29.3 Å². The van der Waals surface area contributed by atoms with Crippen LogP contribution in [-0.4, -0.2) is 29.7 Å². The molecule has 6 nitrogen and oxygen atoms in total. The van der Waals surface area contributed by atoms with Gasteiger partial charge in [0.05, 0.1) is 23.1 Å². The predicted molar refractivity (Wildman–Crippen MR) is 110 cm³/mol. The molecule has 2 aromatic carbocycles. The number of imide groups is 1. The first-order valence-corrected chi connectivity index (χ1v) is 9.90. The average molecular weight is 403 g/mol. The van der Waals surface area contributed by atoms with Gasteiger partial charge < -0.3 is 4.74 Å². The summed E-state index contributed by atoms with van der Waals surface area (Å²) in [6.07, 6.45) is 3.98. The van der Waals surface area contributed by atoms with Gasteiger partial charge in [-0.25, -0.2) is 4.79 Å². The monoisotopic (exact) mass is 403 g/mol. The van der Waals surface area contributed by atoms with Crippen LogP contribution in [0.15, 0.2) is 66.7 Å². The molecule has 6 heteroatoms. The highest BCUT2D eigenvalue weighted by Gasteiger charge is 2.47. The Balaban J connectivity index is 1.51. The maximum absolute atomic E-state index is 12.8. The summed E-state index contributed by atoms with van der Waals surface area (Å²) >= 11 is 0. The number of fused-ring (bicyclic) bond motifs is 1. The zero-order valence-corrected chi connectivity index (χ0v) is 16.5. The van der Waals surface area contributed by atoms with Crippen LogP contribution in [0.2, 0.25) is 0 Å². The number of anilines is 1. The Hall–Kier alpha value is -3.54. The number of hydrogen-bond donors (Lipinski definition) is 0. The fourth-order valence-corrected chi connectivity index (χ4v) is 3.95. The third kappa shape index (κ3) is 3.56. The fourth-order valence-electron chi connectivity index (χ4n) is 3.95. The van der Waals surface area contributed by atoms with E-state index in [9.17, 15) is 19.2 Å². The van der Waals surface area contributed by atoms with Crippen molar-refractivity contribution in [2.45, 2.75) is 25.9 Å². The first-order chi connectivity index (χ1) is 14.5. The predicted octanol–water partition coefficient (Wildman–Crippen LogP) is 3.57. The second kappa shape index (κ2) is 8.06. The summed E-state index contributed by atoms with van der Waals surface area (Å²) in [7, 11) is 0. The number of ether oxygens (including phenoxy) is 1. The SMILES string of the molecule is C[C@@H](OC(=O)c1cccc(N2C(=O)[C@H]3CC=CC[C@H]3C2=O)c1)C(=O)c1ccccc1. The number of carbonyl (C=O) groups is 4. The van der Waals surface area contributed by atoms with E-state index in [0.717, 1.165) is 4.90 Å². The normalized spacial score (nSPS) is 21.3. The molecule has 1 heterocycles. The minimum absolute atomic E-state index is 0.175. The van der Waals surface area contributed by atoms with E-state index < -0.39 is 12.1 Å². The summed E-state index contributed by atoms with van der Waals surface area (Å²) in [6, 6.07) is 14.8. The van der Waals surface area contributed by atoms with E-state index in [-0.39, 0.29) is 35.0 Å². The molecule has 2 aromatic rings. The van der Waals surface area contributed by atoms with E-state index >= 15 is 0 Å². The molecule has 1 aliphatic heterocycles. The smallest absolute Gasteiger partial charge is 0.338 e. The van der Waals surface area contributed by atoms with Crippen LogP contribution in [0.3, 0.4) is 0 Å². The molecule has 2 amide bonds. The van der Waals surface area contributed by atoms with E-state index in [2.05, 4.69) is 0 Å². The van der Waals surface area contributed by atoms with E-state index in [1.54, 1.807) is 42.5 Å². The number of ketones is 1. The number of carbonyl (C=O) groups excluding carboxylic acids is 4. The van der Waals surface area contributed by atoms with E-state index in [4.69, 9.17) is 4.74 Å². The lowest BCUT2D eigenvalue weighted by atomic mass is 9.85. The summed E-state index contributed by atoms with van der Waals surface area (Å²) in [5.41, 5.74) is 0.973. The highest BCUT2D eigenvalue weighted by molar-refractivity contribution is 6.22. The topological polar surface area (TPSA) is 80.8 Å². The first-order valence-electron chi connectivity index (χ1n) is 9.90. The Morgan fingerprint density at radius 2 is 1.50 bits per heavy atom. The van der Waals surface area contributed by atoms with Gasteiger partial charge in [0.15, 0.2) is 6.10 Å². The molecule has 0 bridgehead atoms. The van der Waals surface area contributed by atoms with Crippen molar-refractivity contribution in [2.24, 2.45) is 11.8 Å². The maximum atomic E-state index is 12.8. The van der Waals surface area contributed by atoms with Gasteiger partial charge in [-0.15, -0.1) is 0 Å². The standard InChI is InChI=1S/C24H21NO5/c1-15(21(26)16-8-3-2-4-9-16)30-24(29)17-10-7-11-18(14-17)25-22(27)19-12-5-6-13-20(19)23(25)28/h2-11,14-15,19-20H,12-13H2,1H3/t15-,19-,20+/m1/s1. The van der Waals surface area contributed by atoms with Crippen molar-refractivity contribution in [3.63, 3.8) is 0 Å². The van der Waals surface area contributed by atoms with E-state index in [1.165, 1.54) is 19.1 Å². The highest BCUT2D eigenvalue weighted by atomic mass is 16.5. The summed E-state index contributed by atoms with van der Waals surface area (Å²) in [5, 5.41) is 0. The quantitative estimate of drug-likeness (QED) is 0.330. The number of allylic oxidation sites excluding steroid dienone is 2. The Labute approximate surface area is 174 Å². The minimum Gasteiger partial charge on any atom is -0.451 e. The molecule has 0 unspecified atom stereocenters. The Bertz CT molecular complexity index is 1020. The molecule has 1 saturated heterocycles. The second-order valence-corrected chi connectivity index (χ2v) is 7.50. The van der Waals surface area contributed by atoms with Crippen molar-refractivity contribution < 1.29 is 23.9 Å². The molecule has 0 aromatic heterocycles. The molecule has 0 spiro atoms. The number of hydrogen-bond acceptors (Lipinski definition) is 5. The lowest BCUT2D eigenvalue weighted by Crippen LogP contribution is -2.31. The number of esters is 1. The van der Waals surface area contributed by atoms with Gasteiger partial charge in [0.25, 0.3) is 0 Å². The van der Waals surface area contributed by atoms with Crippen LogP contribution in [0.1, 0.15) is 40.5 Å². The molecule has 4 rings (SSSR count). The van der Waals surface area contributed by atoms with Crippen LogP contribution < -0.4 is 4.90 Å². The molecule has 152 valence electrons. The summed E-state index contributed by atoms with van der Waals surface area (Å²) in [6.45, 7) is 1.52. The van der Waals surface area contributed by atoms with Gasteiger partial charge in [-0.3, -0.25) is 19.3 Å². The van der Waals surface area contributed by atoms with Gasteiger partial charge in [-0.2, -0.15) is 0 Å². The van der Waals surface area contributed by atoms with Crippen LogP contribution in [0.5, 0.6) is 0 Å². The molecule has 30 heavy (non-hydrogen) atoms. The van der Waals surface area contributed by atoms with Gasteiger partial charge in [0.1, 0.15) is 0 Å². The van der Waals surface area contributed by atoms with Crippen molar-refractivity contribution in [1.29, 1.82) is 0 Å². The largest absolute Gasteiger partial charge is 0.451 e. The highest BCUT2D eigenvalue weighted by Crippen LogP contribution is 2.37. The van der Waals surface area contributed by atoms with Crippen LogP contribution >= 0.6 is 0 Å². The molecular weight excluding hydrogens is 382 g/mol. The Kier molecular flexibility index (Phi) is 5.31. The molecule has 0 saturated carbocycles. The Morgan fingerprint density at radius 1 is 0.900 bits per heavy atom. The second-order valence-electron chi connectivity index (χ2n) is 7.50. The third-order valence-electron chi connectivity index (χ3n) is 5.56. The molecule has 2 aliphatic rings. The van der Waals surface area contributed by atoms with Gasteiger partial charge >= 0.3 is 5.97 Å². The van der Waals surface area contributed by atoms with Crippen LogP contribution in [0.25, 0.3) is 0 Å².